The van der Waals surface area contributed by atoms with Gasteiger partial charge >= 0.3 is 0 Å². The van der Waals surface area contributed by atoms with Crippen molar-refractivity contribution in [1.82, 2.24) is 0 Å². The maximum atomic E-state index is 11.8. The normalized spacial score (nSPS) is 11.4. The molecule has 35 heavy (non-hydrogen) atoms. The van der Waals surface area contributed by atoms with Gasteiger partial charge in [-0.2, -0.15) is 0 Å². The van der Waals surface area contributed by atoms with Crippen molar-refractivity contribution in [3.63, 3.8) is 0 Å². The first kappa shape index (κ1) is 28.9. The average molecular weight is 492 g/mol. The van der Waals surface area contributed by atoms with Crippen LogP contribution in [0, 0.1) is 0 Å². The molecule has 0 unspecified atom stereocenters. The molecule has 2 aromatic carbocycles. The van der Waals surface area contributed by atoms with Crippen LogP contribution in [0.25, 0.3) is 12.2 Å². The van der Waals surface area contributed by atoms with Crippen molar-refractivity contribution in [2.45, 2.75) is 6.54 Å². The van der Waals surface area contributed by atoms with Crippen LogP contribution in [0.15, 0.2) is 48.5 Å². The Bertz CT molecular complexity index is 785. The third-order valence-corrected chi connectivity index (χ3v) is 4.77. The molecule has 2 aromatic rings. The summed E-state index contributed by atoms with van der Waals surface area (Å²) in [5.74, 6) is 0.808. The maximum Gasteiger partial charge on any atom is 0.119 e. The van der Waals surface area contributed by atoms with E-state index in [1.807, 2.05) is 36.4 Å². The average Bonchev–Trinajstić information content (AvgIpc) is 2.90. The monoisotopic (exact) mass is 491 g/mol. The van der Waals surface area contributed by atoms with Gasteiger partial charge in [-0.3, -0.25) is 0 Å². The summed E-state index contributed by atoms with van der Waals surface area (Å²) in [6, 6.07) is 16.1. The standard InChI is InChI=1S/C27H38FNO6/c28-11-12-30-13-14-31-15-16-32-17-18-33-19-20-34-21-22-35-27-9-7-25(8-10-27)2-1-24-3-5-26(23-29)6-4-24/h1-10H,11-23,29H2/b2-1+. The van der Waals surface area contributed by atoms with Crippen LogP contribution in [-0.4, -0.2) is 79.4 Å². The molecule has 0 radical (unpaired) electrons. The third-order valence-electron chi connectivity index (χ3n) is 4.77. The fourth-order valence-electron chi connectivity index (χ4n) is 2.89. The van der Waals surface area contributed by atoms with Gasteiger partial charge in [0.15, 0.2) is 0 Å². The van der Waals surface area contributed by atoms with Crippen LogP contribution in [0.1, 0.15) is 16.7 Å². The zero-order valence-corrected chi connectivity index (χ0v) is 20.4. The van der Waals surface area contributed by atoms with Gasteiger partial charge in [-0.05, 0) is 28.8 Å². The molecule has 0 aliphatic heterocycles. The SMILES string of the molecule is NCc1ccc(/C=C/c2ccc(OCCOCCOCCOCCOCCOCCF)cc2)cc1. The first-order valence-corrected chi connectivity index (χ1v) is 12.0. The van der Waals surface area contributed by atoms with Crippen LogP contribution in [0.3, 0.4) is 0 Å². The van der Waals surface area contributed by atoms with Gasteiger partial charge in [0.05, 0.1) is 66.1 Å². The number of hydrogen-bond acceptors (Lipinski definition) is 7. The fourth-order valence-corrected chi connectivity index (χ4v) is 2.89. The fraction of sp³-hybridized carbons (Fsp3) is 0.481. The molecule has 0 amide bonds. The highest BCUT2D eigenvalue weighted by molar-refractivity contribution is 5.69. The minimum atomic E-state index is -0.470. The number of hydrogen-bond donors (Lipinski definition) is 1. The van der Waals surface area contributed by atoms with Crippen LogP contribution in [-0.2, 0) is 30.2 Å². The Morgan fingerprint density at radius 2 is 0.943 bits per heavy atom. The van der Waals surface area contributed by atoms with E-state index in [4.69, 9.17) is 34.2 Å². The van der Waals surface area contributed by atoms with Gasteiger partial charge in [-0.15, -0.1) is 0 Å². The van der Waals surface area contributed by atoms with E-state index >= 15 is 0 Å². The van der Waals surface area contributed by atoms with Crippen LogP contribution in [0.2, 0.25) is 0 Å². The molecular formula is C27H38FNO6. The lowest BCUT2D eigenvalue weighted by molar-refractivity contribution is -0.0133. The Morgan fingerprint density at radius 1 is 0.543 bits per heavy atom. The molecular weight excluding hydrogens is 453 g/mol. The Balaban J connectivity index is 1.40. The molecule has 0 fully saturated rings. The first-order valence-electron chi connectivity index (χ1n) is 12.0. The summed E-state index contributed by atoms with van der Waals surface area (Å²) in [6.45, 7) is 4.97. The van der Waals surface area contributed by atoms with Crippen molar-refractivity contribution in [2.24, 2.45) is 5.73 Å². The summed E-state index contributed by atoms with van der Waals surface area (Å²) in [5.41, 5.74) is 8.99. The first-order chi connectivity index (χ1) is 17.3. The molecule has 0 heterocycles. The molecule has 0 saturated heterocycles. The molecule has 0 aromatic heterocycles. The second-order valence-electron chi connectivity index (χ2n) is 7.45. The molecule has 2 rings (SSSR count). The highest BCUT2D eigenvalue weighted by atomic mass is 19.1. The quantitative estimate of drug-likeness (QED) is 0.210. The summed E-state index contributed by atoms with van der Waals surface area (Å²) in [7, 11) is 0. The molecule has 0 aliphatic carbocycles. The highest BCUT2D eigenvalue weighted by Gasteiger charge is 1.97. The lowest BCUT2D eigenvalue weighted by Crippen LogP contribution is -2.14. The summed E-state index contributed by atoms with van der Waals surface area (Å²) in [6.07, 6.45) is 4.14. The molecule has 0 aliphatic rings. The van der Waals surface area contributed by atoms with Gasteiger partial charge in [-0.1, -0.05) is 48.6 Å². The minimum absolute atomic E-state index is 0.118. The van der Waals surface area contributed by atoms with Gasteiger partial charge < -0.3 is 34.2 Å². The summed E-state index contributed by atoms with van der Waals surface area (Å²) in [4.78, 5) is 0. The van der Waals surface area contributed by atoms with E-state index in [9.17, 15) is 4.39 Å². The lowest BCUT2D eigenvalue weighted by Gasteiger charge is -2.09. The Labute approximate surface area is 207 Å². The molecule has 7 nitrogen and oxygen atoms in total. The van der Waals surface area contributed by atoms with Crippen molar-refractivity contribution in [1.29, 1.82) is 0 Å². The number of alkyl halides is 1. The summed E-state index contributed by atoms with van der Waals surface area (Å²) < 4.78 is 44.1. The van der Waals surface area contributed by atoms with Crippen molar-refractivity contribution in [3.8, 4) is 5.75 Å². The molecule has 0 spiro atoms. The van der Waals surface area contributed by atoms with Crippen LogP contribution in [0.4, 0.5) is 4.39 Å². The predicted octanol–water partition coefficient (Wildman–Crippen LogP) is 3.75. The van der Waals surface area contributed by atoms with Crippen molar-refractivity contribution < 1.29 is 32.8 Å². The van der Waals surface area contributed by atoms with Crippen LogP contribution < -0.4 is 10.5 Å². The predicted molar refractivity (Wildman–Crippen MR) is 135 cm³/mol. The number of ether oxygens (including phenoxy) is 6. The van der Waals surface area contributed by atoms with Crippen LogP contribution in [0.5, 0.6) is 5.75 Å². The molecule has 0 bridgehead atoms. The molecule has 0 saturated carbocycles. The molecule has 8 heteroatoms. The Kier molecular flexibility index (Phi) is 16.5. The second-order valence-corrected chi connectivity index (χ2v) is 7.45. The van der Waals surface area contributed by atoms with Gasteiger partial charge in [0.2, 0.25) is 0 Å². The van der Waals surface area contributed by atoms with E-state index in [0.29, 0.717) is 72.6 Å². The van der Waals surface area contributed by atoms with E-state index in [0.717, 1.165) is 22.4 Å². The van der Waals surface area contributed by atoms with E-state index in [-0.39, 0.29) is 6.61 Å². The second kappa shape index (κ2) is 19.9. The van der Waals surface area contributed by atoms with E-state index < -0.39 is 6.67 Å². The van der Waals surface area contributed by atoms with Gasteiger partial charge in [-0.25, -0.2) is 4.39 Å². The van der Waals surface area contributed by atoms with E-state index in [1.165, 1.54) is 0 Å². The smallest absolute Gasteiger partial charge is 0.119 e. The molecule has 194 valence electrons. The van der Waals surface area contributed by atoms with Crippen molar-refractivity contribution >= 4 is 12.2 Å². The highest BCUT2D eigenvalue weighted by Crippen LogP contribution is 2.15. The number of nitrogens with two attached hydrogens (primary N) is 1. The Morgan fingerprint density at radius 3 is 1.37 bits per heavy atom. The van der Waals surface area contributed by atoms with Gasteiger partial charge in [0.1, 0.15) is 19.0 Å². The van der Waals surface area contributed by atoms with Crippen molar-refractivity contribution in [2.75, 3.05) is 79.4 Å². The number of benzene rings is 2. The number of halogens is 1. The third kappa shape index (κ3) is 14.6. The van der Waals surface area contributed by atoms with E-state index in [1.54, 1.807) is 0 Å². The Hall–Kier alpha value is -2.33. The zero-order chi connectivity index (χ0) is 24.8. The van der Waals surface area contributed by atoms with Gasteiger partial charge in [0, 0.05) is 6.54 Å². The largest absolute Gasteiger partial charge is 0.491 e. The number of rotatable bonds is 21. The lowest BCUT2D eigenvalue weighted by atomic mass is 10.1. The topological polar surface area (TPSA) is 81.4 Å². The maximum absolute atomic E-state index is 11.8. The summed E-state index contributed by atoms with van der Waals surface area (Å²) in [5, 5.41) is 0. The zero-order valence-electron chi connectivity index (χ0n) is 20.4. The molecule has 2 N–H and O–H groups in total. The van der Waals surface area contributed by atoms with Crippen LogP contribution >= 0.6 is 0 Å². The van der Waals surface area contributed by atoms with E-state index in [2.05, 4.69) is 24.3 Å². The van der Waals surface area contributed by atoms with Gasteiger partial charge in [0.25, 0.3) is 0 Å². The summed E-state index contributed by atoms with van der Waals surface area (Å²) >= 11 is 0. The minimum Gasteiger partial charge on any atom is -0.491 e. The molecule has 0 atom stereocenters. The van der Waals surface area contributed by atoms with Crippen molar-refractivity contribution in [3.05, 3.63) is 65.2 Å².